The highest BCUT2D eigenvalue weighted by atomic mass is 35.5. The number of nitrogens with one attached hydrogen (secondary N) is 2. The smallest absolute Gasteiger partial charge is 0.410 e. The van der Waals surface area contributed by atoms with E-state index >= 15 is 0 Å². The van der Waals surface area contributed by atoms with Gasteiger partial charge >= 0.3 is 12.2 Å². The SMILES string of the molecule is CC(C)(C)OC(=O)N1CCN(c2nccc3ccccc23)CC1.CC(C)(C)OC(=O)N1CCNCC1.Clc1nccc2ccccc12.c1ccc2c(N3CCNCC3)nccc2c1. The van der Waals surface area contributed by atoms with Crippen molar-refractivity contribution < 1.29 is 19.1 Å². The van der Waals surface area contributed by atoms with Gasteiger partial charge in [0, 0.05) is 113 Å². The van der Waals surface area contributed by atoms with Gasteiger partial charge in [-0.3, -0.25) is 0 Å². The number of halogens is 1. The minimum absolute atomic E-state index is 0.200. The number of pyridine rings is 3. The van der Waals surface area contributed by atoms with Crippen molar-refractivity contribution in [2.75, 3.05) is 88.3 Å². The molecule has 0 unspecified atom stereocenters. The number of benzene rings is 3. The van der Waals surface area contributed by atoms with Crippen molar-refractivity contribution in [1.82, 2.24) is 35.4 Å². The van der Waals surface area contributed by atoms with Crippen LogP contribution >= 0.6 is 11.6 Å². The van der Waals surface area contributed by atoms with Crippen LogP contribution in [0, 0.1) is 0 Å². The minimum Gasteiger partial charge on any atom is -0.444 e. The van der Waals surface area contributed by atoms with E-state index in [4.69, 9.17) is 21.1 Å². The van der Waals surface area contributed by atoms with Crippen LogP contribution in [0.25, 0.3) is 32.3 Å². The summed E-state index contributed by atoms with van der Waals surface area (Å²) < 4.78 is 10.7. The number of anilines is 2. The summed E-state index contributed by atoms with van der Waals surface area (Å²) in [6, 6.07) is 30.7. The zero-order chi connectivity index (χ0) is 44.8. The van der Waals surface area contributed by atoms with Gasteiger partial charge in [0.15, 0.2) is 0 Å². The number of hydrogen-bond donors (Lipinski definition) is 2. The number of amides is 2. The van der Waals surface area contributed by atoms with Crippen molar-refractivity contribution in [3.05, 3.63) is 115 Å². The number of rotatable bonds is 2. The molecular formula is C49H62ClN9O4. The predicted molar refractivity (Wildman–Crippen MR) is 256 cm³/mol. The Hall–Kier alpha value is -5.76. The number of aromatic nitrogens is 3. The second kappa shape index (κ2) is 22.0. The van der Waals surface area contributed by atoms with Gasteiger partial charge in [0.2, 0.25) is 0 Å². The molecule has 14 heteroatoms. The number of hydrogen-bond acceptors (Lipinski definition) is 11. The molecule has 3 fully saturated rings. The number of nitrogens with zero attached hydrogens (tertiary/aromatic N) is 7. The quantitative estimate of drug-likeness (QED) is 0.162. The van der Waals surface area contributed by atoms with Crippen LogP contribution in [-0.2, 0) is 9.47 Å². The summed E-state index contributed by atoms with van der Waals surface area (Å²) in [6.07, 6.45) is 5.03. The molecule has 6 heterocycles. The fraction of sp³-hybridized carbons (Fsp3) is 0.408. The van der Waals surface area contributed by atoms with Crippen LogP contribution in [0.1, 0.15) is 41.5 Å². The molecule has 0 atom stereocenters. The second-order valence-electron chi connectivity index (χ2n) is 17.4. The Kier molecular flexibility index (Phi) is 16.4. The number of carbonyl (C=O) groups is 2. The molecule has 0 aliphatic carbocycles. The van der Waals surface area contributed by atoms with Gasteiger partial charge in [-0.05, 0) is 75.9 Å². The lowest BCUT2D eigenvalue weighted by atomic mass is 10.1. The molecule has 3 aliphatic heterocycles. The maximum atomic E-state index is 12.1. The third-order valence-electron chi connectivity index (χ3n) is 10.3. The molecule has 9 rings (SSSR count). The summed E-state index contributed by atoms with van der Waals surface area (Å²) in [7, 11) is 0. The summed E-state index contributed by atoms with van der Waals surface area (Å²) in [6.45, 7) is 21.5. The Morgan fingerprint density at radius 3 is 1.30 bits per heavy atom. The Morgan fingerprint density at radius 2 is 0.857 bits per heavy atom. The van der Waals surface area contributed by atoms with Crippen molar-refractivity contribution >= 4 is 67.7 Å². The van der Waals surface area contributed by atoms with Gasteiger partial charge in [-0.15, -0.1) is 0 Å². The van der Waals surface area contributed by atoms with Gasteiger partial charge in [-0.25, -0.2) is 24.5 Å². The van der Waals surface area contributed by atoms with E-state index in [1.807, 2.05) is 102 Å². The monoisotopic (exact) mass is 875 g/mol. The van der Waals surface area contributed by atoms with E-state index < -0.39 is 5.60 Å². The lowest BCUT2D eigenvalue weighted by Gasteiger charge is -2.36. The molecule has 2 amide bonds. The van der Waals surface area contributed by atoms with E-state index in [1.165, 1.54) is 16.2 Å². The van der Waals surface area contributed by atoms with E-state index in [0.717, 1.165) is 93.2 Å². The van der Waals surface area contributed by atoms with Crippen molar-refractivity contribution in [2.24, 2.45) is 0 Å². The van der Waals surface area contributed by atoms with Crippen molar-refractivity contribution in [3.8, 4) is 0 Å². The van der Waals surface area contributed by atoms with Gasteiger partial charge in [0.1, 0.15) is 28.0 Å². The molecule has 6 aromatic rings. The largest absolute Gasteiger partial charge is 0.444 e. The summed E-state index contributed by atoms with van der Waals surface area (Å²) in [5.74, 6) is 2.12. The molecule has 3 aromatic heterocycles. The first kappa shape index (κ1) is 46.7. The molecule has 63 heavy (non-hydrogen) atoms. The molecule has 0 saturated carbocycles. The highest BCUT2D eigenvalue weighted by Crippen LogP contribution is 2.26. The first-order valence-electron chi connectivity index (χ1n) is 21.8. The van der Waals surface area contributed by atoms with Crippen molar-refractivity contribution in [1.29, 1.82) is 0 Å². The predicted octanol–water partition coefficient (Wildman–Crippen LogP) is 8.65. The first-order valence-corrected chi connectivity index (χ1v) is 22.2. The normalized spacial score (nSPS) is 15.6. The highest BCUT2D eigenvalue weighted by Gasteiger charge is 2.27. The highest BCUT2D eigenvalue weighted by molar-refractivity contribution is 6.34. The third-order valence-corrected chi connectivity index (χ3v) is 10.6. The maximum Gasteiger partial charge on any atom is 0.410 e. The first-order chi connectivity index (χ1) is 30.3. The van der Waals surface area contributed by atoms with E-state index in [0.29, 0.717) is 18.2 Å². The number of carbonyl (C=O) groups excluding carboxylic acids is 2. The lowest BCUT2D eigenvalue weighted by Crippen LogP contribution is -2.50. The average molecular weight is 877 g/mol. The Morgan fingerprint density at radius 1 is 0.492 bits per heavy atom. The van der Waals surface area contributed by atoms with E-state index in [2.05, 4.69) is 77.8 Å². The van der Waals surface area contributed by atoms with E-state index in [1.54, 1.807) is 16.0 Å². The molecule has 0 bridgehead atoms. The minimum atomic E-state index is -0.453. The van der Waals surface area contributed by atoms with Crippen LogP contribution in [-0.4, -0.2) is 127 Å². The van der Waals surface area contributed by atoms with Crippen LogP contribution in [0.2, 0.25) is 5.15 Å². The summed E-state index contributed by atoms with van der Waals surface area (Å²) >= 11 is 5.85. The summed E-state index contributed by atoms with van der Waals surface area (Å²) in [5, 5.41) is 14.1. The van der Waals surface area contributed by atoms with E-state index in [-0.39, 0.29) is 17.8 Å². The fourth-order valence-electron chi connectivity index (χ4n) is 7.27. The fourth-order valence-corrected chi connectivity index (χ4v) is 7.50. The lowest BCUT2D eigenvalue weighted by molar-refractivity contribution is 0.0223. The van der Waals surface area contributed by atoms with E-state index in [9.17, 15) is 9.59 Å². The maximum absolute atomic E-state index is 12.1. The standard InChI is InChI=1S/C18H23N3O2.C13H15N3.C9H6ClN.C9H18N2O2/c1-18(2,3)23-17(22)21-12-10-20(11-13-21)16-15-7-5-4-6-14(15)8-9-19-16;1-2-4-12-11(3-1)5-6-15-13(12)16-9-7-14-8-10-16;10-9-8-4-2-1-3-7(8)5-6-11-9;1-9(2,3)13-8(12)11-6-4-10-5-7-11/h4-9H,10-13H2,1-3H3;1-6,14H,7-10H2;1-6H;10H,4-7H2,1-3H3. The van der Waals surface area contributed by atoms with Crippen LogP contribution in [0.3, 0.4) is 0 Å². The Bertz CT molecular complexity index is 2390. The zero-order valence-corrected chi connectivity index (χ0v) is 38.3. The van der Waals surface area contributed by atoms with Crippen molar-refractivity contribution in [2.45, 2.75) is 52.7 Å². The summed E-state index contributed by atoms with van der Waals surface area (Å²) in [5.41, 5.74) is -0.840. The average Bonchev–Trinajstić information content (AvgIpc) is 3.29. The van der Waals surface area contributed by atoms with Gasteiger partial charge in [-0.2, -0.15) is 0 Å². The van der Waals surface area contributed by atoms with Gasteiger partial charge in [0.25, 0.3) is 0 Å². The molecule has 0 radical (unpaired) electrons. The topological polar surface area (TPSA) is 128 Å². The molecule has 2 N–H and O–H groups in total. The number of fused-ring (bicyclic) bond motifs is 3. The molecular weight excluding hydrogens is 814 g/mol. The van der Waals surface area contributed by atoms with Crippen LogP contribution in [0.4, 0.5) is 21.2 Å². The second-order valence-corrected chi connectivity index (χ2v) is 17.8. The van der Waals surface area contributed by atoms with Crippen LogP contribution in [0.15, 0.2) is 110 Å². The molecule has 0 spiro atoms. The van der Waals surface area contributed by atoms with Crippen molar-refractivity contribution in [3.63, 3.8) is 0 Å². The third kappa shape index (κ3) is 13.9. The zero-order valence-electron chi connectivity index (χ0n) is 37.5. The molecule has 3 saturated heterocycles. The van der Waals surface area contributed by atoms with Gasteiger partial charge in [-0.1, -0.05) is 84.4 Å². The van der Waals surface area contributed by atoms with Gasteiger partial charge in [0.05, 0.1) is 0 Å². The number of ether oxygens (including phenoxy) is 2. The molecule has 3 aromatic carbocycles. The Balaban J connectivity index is 0.000000146. The molecule has 334 valence electrons. The summed E-state index contributed by atoms with van der Waals surface area (Å²) in [4.78, 5) is 44.8. The molecule has 13 nitrogen and oxygen atoms in total. The molecule has 3 aliphatic rings. The Labute approximate surface area is 376 Å². The van der Waals surface area contributed by atoms with Crippen LogP contribution in [0.5, 0.6) is 0 Å². The van der Waals surface area contributed by atoms with Crippen LogP contribution < -0.4 is 20.4 Å². The van der Waals surface area contributed by atoms with Gasteiger partial charge < -0.3 is 39.7 Å². The number of piperazine rings is 3.